The Bertz CT molecular complexity index is 108. The van der Waals surface area contributed by atoms with E-state index in [0.29, 0.717) is 12.5 Å². The number of rotatable bonds is 3. The molecule has 0 aromatic rings. The Balaban J connectivity index is 2.21. The molecular weight excluding hydrogens is 165 g/mol. The second-order valence-electron chi connectivity index (χ2n) is 3.15. The molecule has 0 amide bonds. The van der Waals surface area contributed by atoms with Gasteiger partial charge in [0.05, 0.1) is 0 Å². The summed E-state index contributed by atoms with van der Waals surface area (Å²) in [6.07, 6.45) is 2.39. The summed E-state index contributed by atoms with van der Waals surface area (Å²) < 4.78 is 11.9. The van der Waals surface area contributed by atoms with Crippen molar-refractivity contribution in [1.82, 2.24) is 4.90 Å². The molecule has 66 valence electrons. The van der Waals surface area contributed by atoms with Crippen LogP contribution in [0.25, 0.3) is 0 Å². The Labute approximate surface area is 72.5 Å². The largest absolute Gasteiger partial charge is 0.300 e. The highest BCUT2D eigenvalue weighted by Gasteiger charge is 2.17. The molecule has 0 aliphatic carbocycles. The SMILES string of the molecule is FCCN1CCCC(CCl)C1. The first-order valence-electron chi connectivity index (χ1n) is 4.21. The third-order valence-electron chi connectivity index (χ3n) is 2.22. The highest BCUT2D eigenvalue weighted by Crippen LogP contribution is 2.16. The van der Waals surface area contributed by atoms with E-state index in [9.17, 15) is 4.39 Å². The first-order chi connectivity index (χ1) is 5.36. The van der Waals surface area contributed by atoms with Crippen LogP contribution in [0, 0.1) is 5.92 Å². The van der Waals surface area contributed by atoms with Crippen LogP contribution in [0.2, 0.25) is 0 Å². The Morgan fingerprint density at radius 2 is 2.36 bits per heavy atom. The van der Waals surface area contributed by atoms with Gasteiger partial charge in [-0.15, -0.1) is 11.6 Å². The number of hydrogen-bond donors (Lipinski definition) is 0. The fraction of sp³-hybridized carbons (Fsp3) is 1.00. The van der Waals surface area contributed by atoms with E-state index in [1.54, 1.807) is 0 Å². The molecule has 1 saturated heterocycles. The van der Waals surface area contributed by atoms with Crippen LogP contribution >= 0.6 is 11.6 Å². The molecule has 11 heavy (non-hydrogen) atoms. The number of likely N-dealkylation sites (tertiary alicyclic amines) is 1. The summed E-state index contributed by atoms with van der Waals surface area (Å²) >= 11 is 5.73. The topological polar surface area (TPSA) is 3.24 Å². The normalized spacial score (nSPS) is 27.3. The van der Waals surface area contributed by atoms with E-state index >= 15 is 0 Å². The predicted octanol–water partition coefficient (Wildman–Crippen LogP) is 1.91. The molecule has 3 heteroatoms. The molecule has 1 fully saturated rings. The van der Waals surface area contributed by atoms with Crippen molar-refractivity contribution in [3.05, 3.63) is 0 Å². The standard InChI is InChI=1S/C8H15ClFN/c9-6-8-2-1-4-11(7-8)5-3-10/h8H,1-7H2. The molecule has 0 saturated carbocycles. The van der Waals surface area contributed by atoms with Crippen LogP contribution in [0.1, 0.15) is 12.8 Å². The van der Waals surface area contributed by atoms with Crippen LogP contribution in [0.3, 0.4) is 0 Å². The van der Waals surface area contributed by atoms with Gasteiger partial charge in [0, 0.05) is 19.0 Å². The molecule has 0 spiro atoms. The zero-order valence-electron chi connectivity index (χ0n) is 6.73. The van der Waals surface area contributed by atoms with Crippen molar-refractivity contribution in [2.75, 3.05) is 32.2 Å². The van der Waals surface area contributed by atoms with Gasteiger partial charge in [-0.25, -0.2) is 4.39 Å². The minimum atomic E-state index is -0.227. The van der Waals surface area contributed by atoms with E-state index in [-0.39, 0.29) is 6.67 Å². The average molecular weight is 180 g/mol. The number of halogens is 2. The molecule has 1 aliphatic heterocycles. The molecular formula is C8H15ClFN. The van der Waals surface area contributed by atoms with Crippen molar-refractivity contribution in [2.24, 2.45) is 5.92 Å². The minimum Gasteiger partial charge on any atom is -0.300 e. The third-order valence-corrected chi connectivity index (χ3v) is 2.66. The van der Waals surface area contributed by atoms with Gasteiger partial charge in [-0.05, 0) is 25.3 Å². The maximum Gasteiger partial charge on any atom is 0.102 e. The number of alkyl halides is 2. The van der Waals surface area contributed by atoms with Gasteiger partial charge in [-0.3, -0.25) is 0 Å². The molecule has 1 unspecified atom stereocenters. The average Bonchev–Trinajstić information content (AvgIpc) is 2.06. The molecule has 0 N–H and O–H groups in total. The van der Waals surface area contributed by atoms with Crippen LogP contribution < -0.4 is 0 Å². The maximum atomic E-state index is 11.9. The minimum absolute atomic E-state index is 0.227. The summed E-state index contributed by atoms with van der Waals surface area (Å²) in [5, 5.41) is 0. The molecule has 1 rings (SSSR count). The number of hydrogen-bond acceptors (Lipinski definition) is 1. The van der Waals surface area contributed by atoms with E-state index in [2.05, 4.69) is 4.90 Å². The summed E-state index contributed by atoms with van der Waals surface area (Å²) in [7, 11) is 0. The summed E-state index contributed by atoms with van der Waals surface area (Å²) in [5.74, 6) is 1.32. The molecule has 0 aromatic carbocycles. The van der Waals surface area contributed by atoms with Gasteiger partial charge in [-0.2, -0.15) is 0 Å². The summed E-state index contributed by atoms with van der Waals surface area (Å²) in [6, 6.07) is 0. The fourth-order valence-electron chi connectivity index (χ4n) is 1.60. The lowest BCUT2D eigenvalue weighted by Crippen LogP contribution is -2.37. The first kappa shape index (κ1) is 9.27. The number of piperidine rings is 1. The van der Waals surface area contributed by atoms with Gasteiger partial charge >= 0.3 is 0 Å². The van der Waals surface area contributed by atoms with Crippen molar-refractivity contribution in [2.45, 2.75) is 12.8 Å². The van der Waals surface area contributed by atoms with Crippen LogP contribution in [-0.4, -0.2) is 37.1 Å². The zero-order chi connectivity index (χ0) is 8.10. The lowest BCUT2D eigenvalue weighted by Gasteiger charge is -2.30. The van der Waals surface area contributed by atoms with Gasteiger partial charge in [-0.1, -0.05) is 0 Å². The van der Waals surface area contributed by atoms with Crippen molar-refractivity contribution >= 4 is 11.6 Å². The van der Waals surface area contributed by atoms with Crippen molar-refractivity contribution < 1.29 is 4.39 Å². The fourth-order valence-corrected chi connectivity index (χ4v) is 1.85. The van der Waals surface area contributed by atoms with Crippen LogP contribution in [0.4, 0.5) is 4.39 Å². The predicted molar refractivity (Wildman–Crippen MR) is 45.9 cm³/mol. The Morgan fingerprint density at radius 3 is 3.00 bits per heavy atom. The molecule has 1 aliphatic rings. The summed E-state index contributed by atoms with van der Waals surface area (Å²) in [5.41, 5.74) is 0. The van der Waals surface area contributed by atoms with Crippen molar-refractivity contribution in [3.63, 3.8) is 0 Å². The molecule has 0 radical (unpaired) electrons. The second kappa shape index (κ2) is 4.94. The zero-order valence-corrected chi connectivity index (χ0v) is 7.49. The lowest BCUT2D eigenvalue weighted by atomic mass is 10.0. The molecule has 1 heterocycles. The highest BCUT2D eigenvalue weighted by molar-refractivity contribution is 6.18. The Kier molecular flexibility index (Phi) is 4.16. The van der Waals surface area contributed by atoms with Gasteiger partial charge in [0.2, 0.25) is 0 Å². The van der Waals surface area contributed by atoms with E-state index in [0.717, 1.165) is 19.0 Å². The molecule has 1 nitrogen and oxygen atoms in total. The number of nitrogens with zero attached hydrogens (tertiary/aromatic N) is 1. The molecule has 0 aromatic heterocycles. The van der Waals surface area contributed by atoms with Gasteiger partial charge in [0.15, 0.2) is 0 Å². The monoisotopic (exact) mass is 179 g/mol. The highest BCUT2D eigenvalue weighted by atomic mass is 35.5. The second-order valence-corrected chi connectivity index (χ2v) is 3.46. The van der Waals surface area contributed by atoms with E-state index in [4.69, 9.17) is 11.6 Å². The molecule has 1 atom stereocenters. The van der Waals surface area contributed by atoms with E-state index in [1.807, 2.05) is 0 Å². The summed E-state index contributed by atoms with van der Waals surface area (Å²) in [6.45, 7) is 2.41. The lowest BCUT2D eigenvalue weighted by molar-refractivity contribution is 0.173. The maximum absolute atomic E-state index is 11.9. The quantitative estimate of drug-likeness (QED) is 0.599. The van der Waals surface area contributed by atoms with Gasteiger partial charge < -0.3 is 4.90 Å². The van der Waals surface area contributed by atoms with E-state index < -0.39 is 0 Å². The smallest absolute Gasteiger partial charge is 0.102 e. The Morgan fingerprint density at radius 1 is 1.55 bits per heavy atom. The Hall–Kier alpha value is 0.180. The van der Waals surface area contributed by atoms with Crippen LogP contribution in [0.15, 0.2) is 0 Å². The van der Waals surface area contributed by atoms with Crippen LogP contribution in [-0.2, 0) is 0 Å². The molecule has 0 bridgehead atoms. The van der Waals surface area contributed by atoms with Gasteiger partial charge in [0.1, 0.15) is 6.67 Å². The van der Waals surface area contributed by atoms with Crippen molar-refractivity contribution in [3.8, 4) is 0 Å². The van der Waals surface area contributed by atoms with Gasteiger partial charge in [0.25, 0.3) is 0 Å². The third kappa shape index (κ3) is 2.96. The van der Waals surface area contributed by atoms with E-state index in [1.165, 1.54) is 12.8 Å². The van der Waals surface area contributed by atoms with Crippen LogP contribution in [0.5, 0.6) is 0 Å². The summed E-state index contributed by atoms with van der Waals surface area (Å²) in [4.78, 5) is 2.16. The van der Waals surface area contributed by atoms with Crippen molar-refractivity contribution in [1.29, 1.82) is 0 Å². The first-order valence-corrected chi connectivity index (χ1v) is 4.74.